The number of hydrogen-bond acceptors (Lipinski definition) is 3. The van der Waals surface area contributed by atoms with Crippen LogP contribution in [0.5, 0.6) is 0 Å². The monoisotopic (exact) mass is 413 g/mol. The van der Waals surface area contributed by atoms with Crippen LogP contribution >= 0.6 is 38.5 Å². The molecule has 18 heavy (non-hydrogen) atoms. The van der Waals surface area contributed by atoms with E-state index in [2.05, 4.69) is 49.9 Å². The first-order valence-electron chi connectivity index (χ1n) is 5.12. The SMILES string of the molecule is N#Cc1cc(N)ccc1Nc1ccc(Br)c(I)c1. The molecule has 5 heteroatoms. The average molecular weight is 414 g/mol. The fraction of sp³-hybridized carbons (Fsp3) is 0. The molecule has 0 aromatic heterocycles. The van der Waals surface area contributed by atoms with Crippen molar-refractivity contribution in [2.24, 2.45) is 0 Å². The molecule has 2 aromatic carbocycles. The van der Waals surface area contributed by atoms with Gasteiger partial charge in [-0.05, 0) is 74.9 Å². The van der Waals surface area contributed by atoms with Gasteiger partial charge in [-0.2, -0.15) is 5.26 Å². The second-order valence-corrected chi connectivity index (χ2v) is 5.69. The molecular weight excluding hydrogens is 405 g/mol. The highest BCUT2D eigenvalue weighted by Crippen LogP contribution is 2.26. The first kappa shape index (κ1) is 13.2. The highest BCUT2D eigenvalue weighted by Gasteiger charge is 2.04. The van der Waals surface area contributed by atoms with Gasteiger partial charge in [0.05, 0.1) is 11.3 Å². The lowest BCUT2D eigenvalue weighted by Gasteiger charge is -2.09. The molecule has 2 rings (SSSR count). The summed E-state index contributed by atoms with van der Waals surface area (Å²) >= 11 is 5.69. The molecule has 0 radical (unpaired) electrons. The molecule has 0 spiro atoms. The summed E-state index contributed by atoms with van der Waals surface area (Å²) in [4.78, 5) is 0. The van der Waals surface area contributed by atoms with Crippen LogP contribution in [0.4, 0.5) is 17.1 Å². The Morgan fingerprint density at radius 1 is 1.22 bits per heavy atom. The number of nitrogens with one attached hydrogen (secondary N) is 1. The average Bonchev–Trinajstić information content (AvgIpc) is 2.36. The minimum absolute atomic E-state index is 0.535. The summed E-state index contributed by atoms with van der Waals surface area (Å²) in [7, 11) is 0. The third-order valence-electron chi connectivity index (χ3n) is 2.36. The minimum Gasteiger partial charge on any atom is -0.399 e. The molecule has 90 valence electrons. The van der Waals surface area contributed by atoms with Crippen molar-refractivity contribution in [3.8, 4) is 6.07 Å². The van der Waals surface area contributed by atoms with Gasteiger partial charge in [-0.1, -0.05) is 0 Å². The van der Waals surface area contributed by atoms with Gasteiger partial charge in [0.15, 0.2) is 0 Å². The summed E-state index contributed by atoms with van der Waals surface area (Å²) in [5.74, 6) is 0. The lowest BCUT2D eigenvalue weighted by Crippen LogP contribution is -1.95. The van der Waals surface area contributed by atoms with Crippen LogP contribution in [-0.4, -0.2) is 0 Å². The van der Waals surface area contributed by atoms with E-state index in [-0.39, 0.29) is 0 Å². The Kier molecular flexibility index (Phi) is 4.09. The summed E-state index contributed by atoms with van der Waals surface area (Å²) in [6, 6.07) is 13.3. The van der Waals surface area contributed by atoms with Crippen molar-refractivity contribution in [2.45, 2.75) is 0 Å². The minimum atomic E-state index is 0.535. The quantitative estimate of drug-likeness (QED) is 0.571. The number of benzene rings is 2. The molecule has 0 saturated heterocycles. The lowest BCUT2D eigenvalue weighted by molar-refractivity contribution is 1.45. The van der Waals surface area contributed by atoms with Crippen LogP contribution < -0.4 is 11.1 Å². The first-order valence-corrected chi connectivity index (χ1v) is 6.99. The molecule has 0 unspecified atom stereocenters. The van der Waals surface area contributed by atoms with E-state index >= 15 is 0 Å². The highest BCUT2D eigenvalue weighted by atomic mass is 127. The lowest BCUT2D eigenvalue weighted by atomic mass is 10.1. The zero-order valence-electron chi connectivity index (χ0n) is 9.24. The van der Waals surface area contributed by atoms with Crippen molar-refractivity contribution in [1.82, 2.24) is 0 Å². The van der Waals surface area contributed by atoms with Crippen molar-refractivity contribution in [2.75, 3.05) is 11.1 Å². The molecule has 2 aromatic rings. The summed E-state index contributed by atoms with van der Waals surface area (Å²) in [5.41, 5.74) is 8.46. The molecule has 0 amide bonds. The second-order valence-electron chi connectivity index (χ2n) is 3.67. The fourth-order valence-electron chi connectivity index (χ4n) is 1.49. The van der Waals surface area contributed by atoms with E-state index in [4.69, 9.17) is 11.0 Å². The molecule has 0 aliphatic rings. The molecule has 3 N–H and O–H groups in total. The predicted molar refractivity (Wildman–Crippen MR) is 85.7 cm³/mol. The number of nitrogens with zero attached hydrogens (tertiary/aromatic N) is 1. The largest absolute Gasteiger partial charge is 0.399 e. The maximum Gasteiger partial charge on any atom is 0.101 e. The van der Waals surface area contributed by atoms with Crippen LogP contribution in [0, 0.1) is 14.9 Å². The van der Waals surface area contributed by atoms with Crippen molar-refractivity contribution in [3.63, 3.8) is 0 Å². The Morgan fingerprint density at radius 3 is 2.67 bits per heavy atom. The number of nitriles is 1. The number of halogens is 2. The number of hydrogen-bond donors (Lipinski definition) is 2. The Labute approximate surface area is 127 Å². The smallest absolute Gasteiger partial charge is 0.101 e. The number of nitrogen functional groups attached to an aromatic ring is 1. The Hall–Kier alpha value is -1.26. The van der Waals surface area contributed by atoms with Gasteiger partial charge < -0.3 is 11.1 Å². The van der Waals surface area contributed by atoms with E-state index in [1.807, 2.05) is 24.3 Å². The number of anilines is 3. The normalized spacial score (nSPS) is 9.83. The van der Waals surface area contributed by atoms with Crippen LogP contribution in [0.2, 0.25) is 0 Å². The Morgan fingerprint density at radius 2 is 2.00 bits per heavy atom. The van der Waals surface area contributed by atoms with Gasteiger partial charge in [-0.25, -0.2) is 0 Å². The molecule has 0 heterocycles. The van der Waals surface area contributed by atoms with Crippen LogP contribution in [0.25, 0.3) is 0 Å². The maximum atomic E-state index is 9.07. The second kappa shape index (κ2) is 5.59. The Bertz CT molecular complexity index is 635. The molecule has 0 aliphatic carbocycles. The molecule has 0 atom stereocenters. The zero-order chi connectivity index (χ0) is 13.1. The van der Waals surface area contributed by atoms with Gasteiger partial charge in [-0.3, -0.25) is 0 Å². The van der Waals surface area contributed by atoms with Gasteiger partial charge in [0.25, 0.3) is 0 Å². The van der Waals surface area contributed by atoms with Crippen LogP contribution in [0.3, 0.4) is 0 Å². The van der Waals surface area contributed by atoms with Gasteiger partial charge in [0, 0.05) is 19.4 Å². The molecular formula is C13H9BrIN3. The first-order chi connectivity index (χ1) is 8.60. The molecule has 0 aliphatic heterocycles. The number of nitrogens with two attached hydrogens (primary N) is 1. The standard InChI is InChI=1S/C13H9BrIN3/c14-11-3-2-10(6-12(11)15)18-13-4-1-9(17)5-8(13)7-16/h1-6,18H,17H2. The van der Waals surface area contributed by atoms with E-state index in [1.165, 1.54) is 0 Å². The summed E-state index contributed by atoms with van der Waals surface area (Å²) in [5, 5.41) is 12.3. The molecule has 0 fully saturated rings. The third-order valence-corrected chi connectivity index (χ3v) is 4.69. The van der Waals surface area contributed by atoms with Gasteiger partial charge in [-0.15, -0.1) is 0 Å². The molecule has 0 bridgehead atoms. The summed E-state index contributed by atoms with van der Waals surface area (Å²) < 4.78 is 2.15. The van der Waals surface area contributed by atoms with E-state index in [0.717, 1.165) is 19.4 Å². The van der Waals surface area contributed by atoms with Crippen LogP contribution in [0.15, 0.2) is 40.9 Å². The van der Waals surface area contributed by atoms with Crippen LogP contribution in [0.1, 0.15) is 5.56 Å². The van der Waals surface area contributed by atoms with Crippen molar-refractivity contribution < 1.29 is 0 Å². The topological polar surface area (TPSA) is 61.8 Å². The summed E-state index contributed by atoms with van der Waals surface area (Å²) in [6.45, 7) is 0. The predicted octanol–water partition coefficient (Wildman–Crippen LogP) is 4.25. The van der Waals surface area contributed by atoms with E-state index in [9.17, 15) is 0 Å². The van der Waals surface area contributed by atoms with Crippen LogP contribution in [-0.2, 0) is 0 Å². The van der Waals surface area contributed by atoms with Gasteiger partial charge in [0.2, 0.25) is 0 Å². The van der Waals surface area contributed by atoms with Crippen molar-refractivity contribution in [3.05, 3.63) is 50.0 Å². The van der Waals surface area contributed by atoms with Crippen molar-refractivity contribution >= 4 is 55.6 Å². The maximum absolute atomic E-state index is 9.07. The third kappa shape index (κ3) is 2.94. The zero-order valence-corrected chi connectivity index (χ0v) is 13.0. The van der Waals surface area contributed by atoms with Gasteiger partial charge >= 0.3 is 0 Å². The van der Waals surface area contributed by atoms with E-state index < -0.39 is 0 Å². The fourth-order valence-corrected chi connectivity index (χ4v) is 2.25. The van der Waals surface area contributed by atoms with Crippen molar-refractivity contribution in [1.29, 1.82) is 5.26 Å². The summed E-state index contributed by atoms with van der Waals surface area (Å²) in [6.07, 6.45) is 0. The Balaban J connectivity index is 2.34. The highest BCUT2D eigenvalue weighted by molar-refractivity contribution is 14.1. The van der Waals surface area contributed by atoms with E-state index in [0.29, 0.717) is 11.3 Å². The molecule has 3 nitrogen and oxygen atoms in total. The van der Waals surface area contributed by atoms with E-state index in [1.54, 1.807) is 12.1 Å². The molecule has 0 saturated carbocycles. The van der Waals surface area contributed by atoms with Gasteiger partial charge in [0.1, 0.15) is 6.07 Å². The number of rotatable bonds is 2.